The van der Waals surface area contributed by atoms with E-state index in [1.54, 1.807) is 14.2 Å². The third-order valence-electron chi connectivity index (χ3n) is 5.96. The van der Waals surface area contributed by atoms with Crippen molar-refractivity contribution in [1.29, 1.82) is 0 Å². The number of ether oxygens (including phenoxy) is 5. The van der Waals surface area contributed by atoms with Gasteiger partial charge in [-0.3, -0.25) is 0 Å². The Morgan fingerprint density at radius 3 is 2.31 bits per heavy atom. The summed E-state index contributed by atoms with van der Waals surface area (Å²) in [4.78, 5) is 5.02. The monoisotopic (exact) mass is 473 g/mol. The van der Waals surface area contributed by atoms with Crippen molar-refractivity contribution in [2.45, 2.75) is 20.8 Å². The summed E-state index contributed by atoms with van der Waals surface area (Å²) in [5, 5.41) is 2.54. The van der Waals surface area contributed by atoms with E-state index in [9.17, 15) is 0 Å². The molecule has 0 unspecified atom stereocenters. The van der Waals surface area contributed by atoms with Crippen LogP contribution in [0.2, 0.25) is 0 Å². The van der Waals surface area contributed by atoms with E-state index in [1.807, 2.05) is 69.3 Å². The van der Waals surface area contributed by atoms with E-state index < -0.39 is 0 Å². The van der Waals surface area contributed by atoms with Crippen LogP contribution in [0.25, 0.3) is 21.9 Å². The molecule has 1 aliphatic heterocycles. The largest absolute Gasteiger partial charge is 0.493 e. The second kappa shape index (κ2) is 9.25. The highest BCUT2D eigenvalue weighted by molar-refractivity contribution is 5.93. The number of fused-ring (bicyclic) bond motifs is 2. The Bertz CT molecular complexity index is 1490. The fraction of sp³-hybridized carbons (Fsp3) is 0.250. The number of furan rings is 1. The van der Waals surface area contributed by atoms with Crippen molar-refractivity contribution in [1.82, 2.24) is 0 Å². The fourth-order valence-electron chi connectivity index (χ4n) is 4.40. The van der Waals surface area contributed by atoms with Crippen LogP contribution in [0.1, 0.15) is 18.4 Å². The third kappa shape index (κ3) is 4.14. The first kappa shape index (κ1) is 22.7. The van der Waals surface area contributed by atoms with Gasteiger partial charge in [0.15, 0.2) is 23.0 Å². The first-order chi connectivity index (χ1) is 17.0. The molecule has 0 aliphatic carbocycles. The summed E-state index contributed by atoms with van der Waals surface area (Å²) in [7, 11) is 3.22. The van der Waals surface area contributed by atoms with Gasteiger partial charge in [-0.15, -0.1) is 0 Å². The summed E-state index contributed by atoms with van der Waals surface area (Å²) < 4.78 is 34.1. The second-order valence-corrected chi connectivity index (χ2v) is 8.11. The molecule has 0 bridgehead atoms. The summed E-state index contributed by atoms with van der Waals surface area (Å²) in [5.41, 5.74) is 2.62. The van der Waals surface area contributed by atoms with Crippen LogP contribution >= 0.6 is 0 Å². The van der Waals surface area contributed by atoms with Gasteiger partial charge in [0.2, 0.25) is 6.79 Å². The van der Waals surface area contributed by atoms with Gasteiger partial charge in [-0.1, -0.05) is 6.07 Å². The summed E-state index contributed by atoms with van der Waals surface area (Å²) in [5.74, 6) is 4.98. The third-order valence-corrected chi connectivity index (χ3v) is 5.96. The lowest BCUT2D eigenvalue weighted by Gasteiger charge is -2.07. The number of hydrogen-bond acceptors (Lipinski definition) is 7. The van der Waals surface area contributed by atoms with Crippen molar-refractivity contribution in [3.05, 3.63) is 65.4 Å². The number of methoxy groups -OCH3 is 2. The molecule has 0 radical (unpaired) electrons. The van der Waals surface area contributed by atoms with E-state index in [2.05, 4.69) is 0 Å². The lowest BCUT2D eigenvalue weighted by atomic mass is 10.1. The lowest BCUT2D eigenvalue weighted by molar-refractivity contribution is 0.174. The molecule has 4 aromatic rings. The Hall–Kier alpha value is -4.13. The van der Waals surface area contributed by atoms with Crippen molar-refractivity contribution >= 4 is 16.5 Å². The Morgan fingerprint density at radius 1 is 0.771 bits per heavy atom. The highest BCUT2D eigenvalue weighted by Crippen LogP contribution is 2.38. The number of benzene rings is 2. The van der Waals surface area contributed by atoms with E-state index in [1.165, 1.54) is 0 Å². The molecule has 5 rings (SSSR count). The van der Waals surface area contributed by atoms with Crippen LogP contribution in [0.3, 0.4) is 0 Å². The molecule has 0 atom stereocenters. The van der Waals surface area contributed by atoms with Crippen LogP contribution in [0.5, 0.6) is 28.7 Å². The van der Waals surface area contributed by atoms with Crippen molar-refractivity contribution in [2.24, 2.45) is 4.99 Å². The van der Waals surface area contributed by atoms with Crippen LogP contribution < -0.4 is 29.0 Å². The van der Waals surface area contributed by atoms with Crippen molar-refractivity contribution < 1.29 is 28.1 Å². The molecule has 1 aromatic heterocycles. The molecule has 7 heteroatoms. The first-order valence-corrected chi connectivity index (χ1v) is 11.4. The van der Waals surface area contributed by atoms with E-state index in [-0.39, 0.29) is 6.79 Å². The predicted molar refractivity (Wildman–Crippen MR) is 133 cm³/mol. The SMILES string of the molecule is CCOc1cc(-c2ccc3c(c2)OCO3)cc(=Nc2ccc(OC)c(OC)c2)c2c(C)oc(C)c12. The van der Waals surface area contributed by atoms with Gasteiger partial charge in [0, 0.05) is 6.07 Å². The maximum atomic E-state index is 6.11. The van der Waals surface area contributed by atoms with Gasteiger partial charge in [-0.2, -0.15) is 0 Å². The van der Waals surface area contributed by atoms with Crippen molar-refractivity contribution in [2.75, 3.05) is 27.6 Å². The molecule has 0 fully saturated rings. The van der Waals surface area contributed by atoms with E-state index in [0.717, 1.165) is 56.0 Å². The molecule has 2 heterocycles. The zero-order valence-electron chi connectivity index (χ0n) is 20.4. The fourth-order valence-corrected chi connectivity index (χ4v) is 4.40. The van der Waals surface area contributed by atoms with Crippen LogP contribution in [-0.2, 0) is 0 Å². The minimum atomic E-state index is 0.222. The van der Waals surface area contributed by atoms with Gasteiger partial charge in [0.25, 0.3) is 0 Å². The Kier molecular flexibility index (Phi) is 5.99. The van der Waals surface area contributed by atoms with Crippen LogP contribution in [-0.4, -0.2) is 27.6 Å². The van der Waals surface area contributed by atoms with Gasteiger partial charge in [0.05, 0.1) is 42.6 Å². The minimum Gasteiger partial charge on any atom is -0.493 e. The van der Waals surface area contributed by atoms with Crippen LogP contribution in [0.4, 0.5) is 5.69 Å². The average molecular weight is 474 g/mol. The molecule has 0 saturated heterocycles. The van der Waals surface area contributed by atoms with Gasteiger partial charge < -0.3 is 28.1 Å². The Morgan fingerprint density at radius 2 is 1.54 bits per heavy atom. The molecular weight excluding hydrogens is 446 g/mol. The van der Waals surface area contributed by atoms with Crippen molar-refractivity contribution in [3.63, 3.8) is 0 Å². The maximum absolute atomic E-state index is 6.11. The van der Waals surface area contributed by atoms with E-state index in [4.69, 9.17) is 33.1 Å². The molecule has 0 spiro atoms. The van der Waals surface area contributed by atoms with Gasteiger partial charge in [-0.05, 0) is 68.3 Å². The molecule has 0 saturated carbocycles. The highest BCUT2D eigenvalue weighted by Gasteiger charge is 2.18. The molecule has 7 nitrogen and oxygen atoms in total. The maximum Gasteiger partial charge on any atom is 0.231 e. The number of nitrogens with zero attached hydrogens (tertiary/aromatic N) is 1. The van der Waals surface area contributed by atoms with Crippen molar-refractivity contribution in [3.8, 4) is 39.9 Å². The van der Waals surface area contributed by atoms with Gasteiger partial charge >= 0.3 is 0 Å². The molecule has 180 valence electrons. The molecule has 0 N–H and O–H groups in total. The summed E-state index contributed by atoms with van der Waals surface area (Å²) in [6.07, 6.45) is 0. The van der Waals surface area contributed by atoms with Gasteiger partial charge in [-0.25, -0.2) is 4.99 Å². The zero-order valence-corrected chi connectivity index (χ0v) is 20.4. The Balaban J connectivity index is 1.83. The quantitative estimate of drug-likeness (QED) is 0.337. The predicted octanol–water partition coefficient (Wildman–Crippen LogP) is 6.09. The summed E-state index contributed by atoms with van der Waals surface area (Å²) in [6, 6.07) is 15.6. The molecular formula is C28H27NO6. The van der Waals surface area contributed by atoms with Crippen LogP contribution in [0.15, 0.2) is 57.9 Å². The van der Waals surface area contributed by atoms with Crippen LogP contribution in [0, 0.1) is 13.8 Å². The topological polar surface area (TPSA) is 71.7 Å². The summed E-state index contributed by atoms with van der Waals surface area (Å²) in [6.45, 7) is 6.60. The molecule has 35 heavy (non-hydrogen) atoms. The Labute approximate surface area is 203 Å². The van der Waals surface area contributed by atoms with E-state index >= 15 is 0 Å². The zero-order chi connectivity index (χ0) is 24.5. The normalized spacial score (nSPS) is 12.8. The molecule has 3 aromatic carbocycles. The number of hydrogen-bond donors (Lipinski definition) is 0. The average Bonchev–Trinajstić information content (AvgIpc) is 3.40. The smallest absolute Gasteiger partial charge is 0.231 e. The minimum absolute atomic E-state index is 0.222. The summed E-state index contributed by atoms with van der Waals surface area (Å²) >= 11 is 0. The highest BCUT2D eigenvalue weighted by atomic mass is 16.7. The second-order valence-electron chi connectivity index (χ2n) is 8.11. The van der Waals surface area contributed by atoms with Gasteiger partial charge in [0.1, 0.15) is 17.3 Å². The first-order valence-electron chi connectivity index (χ1n) is 11.4. The standard InChI is InChI=1S/C28H27NO6/c1-6-32-26-13-19(18-7-9-23-25(12-18)34-15-33-23)11-21(27-16(2)35-17(3)28(26)27)29-20-8-10-22(30-4)24(14-20)31-5/h7-14H,6,15H2,1-5H3. The molecule has 0 amide bonds. The number of aryl methyl sites for hydroxylation is 2. The number of rotatable bonds is 6. The lowest BCUT2D eigenvalue weighted by Crippen LogP contribution is -2.00. The molecule has 1 aliphatic rings. The van der Waals surface area contributed by atoms with E-state index in [0.29, 0.717) is 23.9 Å².